The molecule has 0 unspecified atom stereocenters. The van der Waals surface area contributed by atoms with E-state index in [2.05, 4.69) is 15.9 Å². The van der Waals surface area contributed by atoms with E-state index >= 15 is 0 Å². The van der Waals surface area contributed by atoms with Crippen LogP contribution in [0.3, 0.4) is 0 Å². The normalized spacial score (nSPS) is 10.3. The second-order valence-electron chi connectivity index (χ2n) is 4.37. The van der Waals surface area contributed by atoms with Crippen LogP contribution in [0.5, 0.6) is 5.75 Å². The summed E-state index contributed by atoms with van der Waals surface area (Å²) in [5.74, 6) is 0.879. The fourth-order valence-electron chi connectivity index (χ4n) is 1.75. The number of thioether (sulfide) groups is 1. The second-order valence-corrected chi connectivity index (χ2v) is 6.45. The Balaban J connectivity index is 1.74. The summed E-state index contributed by atoms with van der Waals surface area (Å²) in [6.45, 7) is 0.623. The maximum Gasteiger partial charge on any atom is 0.307 e. The summed E-state index contributed by atoms with van der Waals surface area (Å²) in [4.78, 5) is 11.7. The van der Waals surface area contributed by atoms with E-state index in [1.54, 1.807) is 11.8 Å². The fourth-order valence-corrected chi connectivity index (χ4v) is 2.86. The number of hydrogen-bond donors (Lipinski definition) is 1. The quantitative estimate of drug-likeness (QED) is 0.587. The summed E-state index contributed by atoms with van der Waals surface area (Å²) >= 11 is 5.09. The summed E-state index contributed by atoms with van der Waals surface area (Å²) in [6.07, 6.45) is 0.0664. The fraction of sp³-hybridized carbons (Fsp3) is 0.188. The Hall–Kier alpha value is -1.46. The van der Waals surface area contributed by atoms with Crippen LogP contribution in [0.1, 0.15) is 5.56 Å². The maximum atomic E-state index is 10.6. The molecule has 0 bridgehead atoms. The number of rotatable bonds is 7. The van der Waals surface area contributed by atoms with Crippen molar-refractivity contribution in [2.45, 2.75) is 11.3 Å². The van der Waals surface area contributed by atoms with Gasteiger partial charge in [-0.05, 0) is 35.9 Å². The average molecular weight is 367 g/mol. The summed E-state index contributed by atoms with van der Waals surface area (Å²) < 4.78 is 6.66. The molecule has 0 aliphatic heterocycles. The topological polar surface area (TPSA) is 46.5 Å². The molecule has 5 heteroatoms. The van der Waals surface area contributed by atoms with Gasteiger partial charge >= 0.3 is 5.97 Å². The highest BCUT2D eigenvalue weighted by Crippen LogP contribution is 2.20. The SMILES string of the molecule is O=C(O)Cc1ccc(SCCOc2cccc(Br)c2)cc1. The number of aliphatic carboxylic acids is 1. The van der Waals surface area contributed by atoms with Crippen molar-refractivity contribution in [2.24, 2.45) is 0 Å². The lowest BCUT2D eigenvalue weighted by atomic mass is 10.2. The molecule has 2 aromatic carbocycles. The Morgan fingerprint density at radius 2 is 1.95 bits per heavy atom. The first-order chi connectivity index (χ1) is 10.1. The minimum absolute atomic E-state index is 0.0664. The zero-order valence-corrected chi connectivity index (χ0v) is 13.7. The third-order valence-electron chi connectivity index (χ3n) is 2.70. The van der Waals surface area contributed by atoms with E-state index < -0.39 is 5.97 Å². The van der Waals surface area contributed by atoms with Crippen molar-refractivity contribution in [1.82, 2.24) is 0 Å². The monoisotopic (exact) mass is 366 g/mol. The number of carboxylic acids is 1. The number of carboxylic acid groups (broad SMARTS) is 1. The van der Waals surface area contributed by atoms with E-state index in [9.17, 15) is 4.79 Å². The van der Waals surface area contributed by atoms with E-state index in [4.69, 9.17) is 9.84 Å². The third kappa shape index (κ3) is 5.81. The van der Waals surface area contributed by atoms with Gasteiger partial charge in [-0.1, -0.05) is 34.1 Å². The third-order valence-corrected chi connectivity index (χ3v) is 4.17. The second kappa shape index (κ2) is 8.10. The van der Waals surface area contributed by atoms with E-state index in [0.29, 0.717) is 6.61 Å². The molecule has 2 aromatic rings. The molecule has 0 fully saturated rings. The minimum Gasteiger partial charge on any atom is -0.493 e. The average Bonchev–Trinajstić information content (AvgIpc) is 2.45. The molecule has 3 nitrogen and oxygen atoms in total. The first-order valence-corrected chi connectivity index (χ1v) is 8.23. The van der Waals surface area contributed by atoms with E-state index in [0.717, 1.165) is 26.4 Å². The molecule has 0 atom stereocenters. The van der Waals surface area contributed by atoms with Crippen molar-refractivity contribution in [2.75, 3.05) is 12.4 Å². The molecule has 21 heavy (non-hydrogen) atoms. The molecule has 0 amide bonds. The van der Waals surface area contributed by atoms with Gasteiger partial charge in [-0.15, -0.1) is 11.8 Å². The zero-order valence-electron chi connectivity index (χ0n) is 11.3. The van der Waals surface area contributed by atoms with Gasteiger partial charge in [0.1, 0.15) is 5.75 Å². The van der Waals surface area contributed by atoms with Gasteiger partial charge in [0.05, 0.1) is 13.0 Å². The van der Waals surface area contributed by atoms with Crippen molar-refractivity contribution < 1.29 is 14.6 Å². The lowest BCUT2D eigenvalue weighted by Crippen LogP contribution is -2.00. The van der Waals surface area contributed by atoms with Gasteiger partial charge in [0.25, 0.3) is 0 Å². The number of hydrogen-bond acceptors (Lipinski definition) is 3. The van der Waals surface area contributed by atoms with E-state index in [1.165, 1.54) is 0 Å². The highest BCUT2D eigenvalue weighted by molar-refractivity contribution is 9.10. The predicted octanol–water partition coefficient (Wildman–Crippen LogP) is 4.25. The first kappa shape index (κ1) is 15.9. The van der Waals surface area contributed by atoms with Crippen LogP contribution in [0, 0.1) is 0 Å². The first-order valence-electron chi connectivity index (χ1n) is 6.45. The van der Waals surface area contributed by atoms with Gasteiger partial charge in [0.15, 0.2) is 0 Å². The summed E-state index contributed by atoms with van der Waals surface area (Å²) in [6, 6.07) is 15.4. The molecule has 0 spiro atoms. The lowest BCUT2D eigenvalue weighted by molar-refractivity contribution is -0.136. The molecular formula is C16H15BrO3S. The summed E-state index contributed by atoms with van der Waals surface area (Å²) in [5.41, 5.74) is 0.817. The largest absolute Gasteiger partial charge is 0.493 e. The Morgan fingerprint density at radius 3 is 2.62 bits per heavy atom. The van der Waals surface area contributed by atoms with Crippen LogP contribution in [-0.2, 0) is 11.2 Å². The molecule has 0 aromatic heterocycles. The Kier molecular flexibility index (Phi) is 6.14. The summed E-state index contributed by atoms with van der Waals surface area (Å²) in [5, 5.41) is 8.71. The van der Waals surface area contributed by atoms with Gasteiger partial charge in [-0.3, -0.25) is 4.79 Å². The van der Waals surface area contributed by atoms with E-state index in [1.807, 2.05) is 48.5 Å². The molecule has 0 saturated carbocycles. The van der Waals surface area contributed by atoms with Crippen LogP contribution in [0.2, 0.25) is 0 Å². The zero-order chi connectivity index (χ0) is 15.1. The van der Waals surface area contributed by atoms with Gasteiger partial charge in [-0.2, -0.15) is 0 Å². The van der Waals surface area contributed by atoms with Crippen LogP contribution in [-0.4, -0.2) is 23.4 Å². The molecular weight excluding hydrogens is 352 g/mol. The maximum absolute atomic E-state index is 10.6. The van der Waals surface area contributed by atoms with E-state index in [-0.39, 0.29) is 6.42 Å². The van der Waals surface area contributed by atoms with Crippen molar-refractivity contribution in [1.29, 1.82) is 0 Å². The van der Waals surface area contributed by atoms with Gasteiger partial charge < -0.3 is 9.84 Å². The van der Waals surface area contributed by atoms with Crippen LogP contribution in [0.4, 0.5) is 0 Å². The molecule has 1 N–H and O–H groups in total. The van der Waals surface area contributed by atoms with Crippen LogP contribution >= 0.6 is 27.7 Å². The standard InChI is InChI=1S/C16H15BrO3S/c17-13-2-1-3-14(11-13)20-8-9-21-15-6-4-12(5-7-15)10-16(18)19/h1-7,11H,8-10H2,(H,18,19). The predicted molar refractivity (Wildman–Crippen MR) is 88.1 cm³/mol. The molecule has 0 aliphatic carbocycles. The van der Waals surface area contributed by atoms with Crippen LogP contribution in [0.15, 0.2) is 57.9 Å². The van der Waals surface area contributed by atoms with Crippen molar-refractivity contribution in [3.63, 3.8) is 0 Å². The van der Waals surface area contributed by atoms with Crippen molar-refractivity contribution >= 4 is 33.7 Å². The van der Waals surface area contributed by atoms with Crippen molar-refractivity contribution in [3.8, 4) is 5.75 Å². The van der Waals surface area contributed by atoms with Gasteiger partial charge in [-0.25, -0.2) is 0 Å². The molecule has 0 aliphatic rings. The van der Waals surface area contributed by atoms with Gasteiger partial charge in [0.2, 0.25) is 0 Å². The Labute approximate surface area is 136 Å². The minimum atomic E-state index is -0.808. The van der Waals surface area contributed by atoms with Crippen LogP contribution in [0.25, 0.3) is 0 Å². The molecule has 0 radical (unpaired) electrons. The number of benzene rings is 2. The van der Waals surface area contributed by atoms with Crippen molar-refractivity contribution in [3.05, 3.63) is 58.6 Å². The molecule has 2 rings (SSSR count). The van der Waals surface area contributed by atoms with Gasteiger partial charge in [0, 0.05) is 15.1 Å². The molecule has 0 saturated heterocycles. The number of ether oxygens (including phenoxy) is 1. The molecule has 110 valence electrons. The lowest BCUT2D eigenvalue weighted by Gasteiger charge is -2.06. The highest BCUT2D eigenvalue weighted by Gasteiger charge is 2.01. The Bertz CT molecular complexity index is 599. The highest BCUT2D eigenvalue weighted by atomic mass is 79.9. The summed E-state index contributed by atoms with van der Waals surface area (Å²) in [7, 11) is 0. The Morgan fingerprint density at radius 1 is 1.19 bits per heavy atom. The van der Waals surface area contributed by atoms with Crippen LogP contribution < -0.4 is 4.74 Å². The smallest absolute Gasteiger partial charge is 0.307 e. The number of halogens is 1. The molecule has 0 heterocycles. The number of carbonyl (C=O) groups is 1.